The van der Waals surface area contributed by atoms with Crippen molar-refractivity contribution in [1.82, 2.24) is 4.98 Å². The first-order chi connectivity index (χ1) is 16.8. The van der Waals surface area contributed by atoms with E-state index in [0.29, 0.717) is 16.1 Å². The third-order valence-electron chi connectivity index (χ3n) is 4.57. The molecule has 0 saturated carbocycles. The maximum Gasteiger partial charge on any atom is 0.344 e. The number of esters is 1. The lowest BCUT2D eigenvalue weighted by Crippen LogP contribution is -2.20. The van der Waals surface area contributed by atoms with Gasteiger partial charge in [-0.2, -0.15) is 0 Å². The van der Waals surface area contributed by atoms with Gasteiger partial charge in [0.1, 0.15) is 17.4 Å². The second kappa shape index (κ2) is 11.6. The van der Waals surface area contributed by atoms with Crippen LogP contribution in [0, 0.1) is 5.41 Å². The normalized spacial score (nSPS) is 10.2. The molecule has 3 rings (SSSR count). The number of nitrogens with one attached hydrogen (secondary N) is 3. The maximum atomic E-state index is 13.0. The molecule has 2 amide bonds. The van der Waals surface area contributed by atoms with Gasteiger partial charge in [-0.15, -0.1) is 0 Å². The molecule has 1 aromatic heterocycles. The summed E-state index contributed by atoms with van der Waals surface area (Å²) >= 11 is 5.84. The molecular formula is C24H22ClN5O5. The van der Waals surface area contributed by atoms with Gasteiger partial charge in [-0.05, 0) is 49.4 Å². The maximum absolute atomic E-state index is 13.0. The number of halogens is 1. The topological polar surface area (TPSA) is 156 Å². The predicted octanol–water partition coefficient (Wildman–Crippen LogP) is 3.47. The number of amidine groups is 1. The molecule has 0 radical (unpaired) electrons. The standard InChI is InChI=1S/C24H22ClN5O5/c1-2-34-21(31)13-35-17-8-9-19(29-23(32)15-5-3-14(4-6-15)22(26)27)18(11-17)24(33)30-20-10-7-16(25)12-28-20/h3-12H,2,13H2,1H3,(H3,26,27)(H,29,32)(H,28,30,33). The summed E-state index contributed by atoms with van der Waals surface area (Å²) in [7, 11) is 0. The van der Waals surface area contributed by atoms with Crippen molar-refractivity contribution in [3.63, 3.8) is 0 Å². The van der Waals surface area contributed by atoms with Crippen molar-refractivity contribution in [2.45, 2.75) is 6.92 Å². The van der Waals surface area contributed by atoms with Gasteiger partial charge >= 0.3 is 5.97 Å². The summed E-state index contributed by atoms with van der Waals surface area (Å²) in [5.41, 5.74) is 6.48. The van der Waals surface area contributed by atoms with E-state index in [-0.39, 0.29) is 41.9 Å². The SMILES string of the molecule is CCOC(=O)COc1ccc(NC(=O)c2ccc(C(=N)N)cc2)c(C(=O)Nc2ccc(Cl)cn2)c1. The first-order valence-electron chi connectivity index (χ1n) is 10.4. The van der Waals surface area contributed by atoms with E-state index in [4.69, 9.17) is 32.2 Å². The smallest absolute Gasteiger partial charge is 0.344 e. The third kappa shape index (κ3) is 7.02. The fourth-order valence-electron chi connectivity index (χ4n) is 2.88. The van der Waals surface area contributed by atoms with E-state index in [0.717, 1.165) is 0 Å². The molecule has 0 spiro atoms. The number of ether oxygens (including phenoxy) is 2. The highest BCUT2D eigenvalue weighted by molar-refractivity contribution is 6.30. The van der Waals surface area contributed by atoms with Crippen LogP contribution in [-0.2, 0) is 9.53 Å². The quantitative estimate of drug-likeness (QED) is 0.201. The van der Waals surface area contributed by atoms with E-state index in [9.17, 15) is 14.4 Å². The molecule has 3 aromatic rings. The monoisotopic (exact) mass is 495 g/mol. The summed E-state index contributed by atoms with van der Waals surface area (Å²) < 4.78 is 10.3. The third-order valence-corrected chi connectivity index (χ3v) is 4.80. The van der Waals surface area contributed by atoms with Gasteiger partial charge in [0.05, 0.1) is 22.9 Å². The summed E-state index contributed by atoms with van der Waals surface area (Å²) in [5, 5.41) is 13.2. The number of hydrogen-bond donors (Lipinski definition) is 4. The van der Waals surface area contributed by atoms with Crippen LogP contribution < -0.4 is 21.1 Å². The summed E-state index contributed by atoms with van der Waals surface area (Å²) in [6.07, 6.45) is 1.38. The molecule has 0 saturated heterocycles. The van der Waals surface area contributed by atoms with Crippen LogP contribution >= 0.6 is 11.6 Å². The van der Waals surface area contributed by atoms with Crippen LogP contribution in [0.25, 0.3) is 0 Å². The zero-order valence-electron chi connectivity index (χ0n) is 18.6. The number of carbonyl (C=O) groups excluding carboxylic acids is 3. The molecule has 0 aliphatic carbocycles. The van der Waals surface area contributed by atoms with Gasteiger partial charge in [-0.1, -0.05) is 23.7 Å². The number of nitrogens with zero attached hydrogens (tertiary/aromatic N) is 1. The van der Waals surface area contributed by atoms with Gasteiger partial charge in [0, 0.05) is 17.3 Å². The molecule has 2 aromatic carbocycles. The number of aromatic nitrogens is 1. The van der Waals surface area contributed by atoms with Crippen LogP contribution in [0.5, 0.6) is 5.75 Å². The highest BCUT2D eigenvalue weighted by Crippen LogP contribution is 2.24. The zero-order chi connectivity index (χ0) is 25.4. The van der Waals surface area contributed by atoms with Crippen molar-refractivity contribution in [1.29, 1.82) is 5.41 Å². The fourth-order valence-corrected chi connectivity index (χ4v) is 3.00. The highest BCUT2D eigenvalue weighted by atomic mass is 35.5. The first-order valence-corrected chi connectivity index (χ1v) is 10.8. The second-order valence-corrected chi connectivity index (χ2v) is 7.50. The molecule has 0 bridgehead atoms. The Hall–Kier alpha value is -4.44. The van der Waals surface area contributed by atoms with E-state index in [1.54, 1.807) is 25.1 Å². The van der Waals surface area contributed by atoms with Crippen LogP contribution in [0.2, 0.25) is 5.02 Å². The van der Waals surface area contributed by atoms with Crippen molar-refractivity contribution >= 4 is 46.7 Å². The molecule has 180 valence electrons. The molecule has 10 nitrogen and oxygen atoms in total. The molecule has 0 unspecified atom stereocenters. The van der Waals surface area contributed by atoms with E-state index in [2.05, 4.69) is 15.6 Å². The molecule has 35 heavy (non-hydrogen) atoms. The predicted molar refractivity (Wildman–Crippen MR) is 131 cm³/mol. The molecule has 1 heterocycles. The Kier molecular flexibility index (Phi) is 8.36. The van der Waals surface area contributed by atoms with Crippen molar-refractivity contribution < 1.29 is 23.9 Å². The van der Waals surface area contributed by atoms with Crippen molar-refractivity contribution in [3.05, 3.63) is 82.5 Å². The number of amides is 2. The van der Waals surface area contributed by atoms with E-state index < -0.39 is 17.8 Å². The molecule has 5 N–H and O–H groups in total. The summed E-state index contributed by atoms with van der Waals surface area (Å²) in [5.74, 6) is -1.28. The van der Waals surface area contributed by atoms with Gasteiger partial charge in [-0.3, -0.25) is 15.0 Å². The van der Waals surface area contributed by atoms with Crippen LogP contribution in [0.1, 0.15) is 33.2 Å². The average Bonchev–Trinajstić information content (AvgIpc) is 2.85. The number of pyridine rings is 1. The Balaban J connectivity index is 1.85. The number of rotatable bonds is 9. The van der Waals surface area contributed by atoms with E-state index >= 15 is 0 Å². The van der Waals surface area contributed by atoms with Crippen LogP contribution in [0.15, 0.2) is 60.8 Å². The minimum atomic E-state index is -0.580. The lowest BCUT2D eigenvalue weighted by molar-refractivity contribution is -0.145. The van der Waals surface area contributed by atoms with Crippen molar-refractivity contribution in [2.75, 3.05) is 23.8 Å². The van der Waals surface area contributed by atoms with Gasteiger partial charge < -0.3 is 25.8 Å². The number of hydrogen-bond acceptors (Lipinski definition) is 7. The minimum absolute atomic E-state index is 0.0665. The Bertz CT molecular complexity index is 1250. The van der Waals surface area contributed by atoms with Gasteiger partial charge in [-0.25, -0.2) is 9.78 Å². The lowest BCUT2D eigenvalue weighted by atomic mass is 10.1. The first kappa shape index (κ1) is 25.2. The second-order valence-electron chi connectivity index (χ2n) is 7.06. The Morgan fingerprint density at radius 2 is 1.71 bits per heavy atom. The number of carbonyl (C=O) groups is 3. The molecule has 0 aliphatic heterocycles. The van der Waals surface area contributed by atoms with Crippen LogP contribution in [0.3, 0.4) is 0 Å². The Labute approximate surface area is 205 Å². The molecular weight excluding hydrogens is 474 g/mol. The molecule has 0 fully saturated rings. The van der Waals surface area contributed by atoms with Gasteiger partial charge in [0.2, 0.25) is 0 Å². The van der Waals surface area contributed by atoms with Gasteiger partial charge in [0.15, 0.2) is 6.61 Å². The Morgan fingerprint density at radius 1 is 1.00 bits per heavy atom. The summed E-state index contributed by atoms with van der Waals surface area (Å²) in [6.45, 7) is 1.54. The highest BCUT2D eigenvalue weighted by Gasteiger charge is 2.17. The largest absolute Gasteiger partial charge is 0.482 e. The van der Waals surface area contributed by atoms with E-state index in [1.807, 2.05) is 0 Å². The Morgan fingerprint density at radius 3 is 2.34 bits per heavy atom. The van der Waals surface area contributed by atoms with Crippen molar-refractivity contribution in [3.8, 4) is 5.75 Å². The number of nitrogens with two attached hydrogens (primary N) is 1. The number of nitrogen functional groups attached to an aromatic ring is 1. The number of benzene rings is 2. The fraction of sp³-hybridized carbons (Fsp3) is 0.125. The van der Waals surface area contributed by atoms with Gasteiger partial charge in [0.25, 0.3) is 11.8 Å². The molecule has 0 aliphatic rings. The van der Waals surface area contributed by atoms with Crippen LogP contribution in [0.4, 0.5) is 11.5 Å². The zero-order valence-corrected chi connectivity index (χ0v) is 19.4. The summed E-state index contributed by atoms with van der Waals surface area (Å²) in [4.78, 5) is 41.5. The summed E-state index contributed by atoms with van der Waals surface area (Å²) in [6, 6.07) is 13.6. The van der Waals surface area contributed by atoms with E-state index in [1.165, 1.54) is 42.6 Å². The minimum Gasteiger partial charge on any atom is -0.482 e. The van der Waals surface area contributed by atoms with Crippen LogP contribution in [-0.4, -0.2) is 41.8 Å². The molecule has 0 atom stereocenters. The van der Waals surface area contributed by atoms with Crippen molar-refractivity contribution in [2.24, 2.45) is 5.73 Å². The number of anilines is 2. The average molecular weight is 496 g/mol. The lowest BCUT2D eigenvalue weighted by Gasteiger charge is -2.14. The molecule has 11 heteroatoms.